The van der Waals surface area contributed by atoms with Crippen molar-refractivity contribution in [3.8, 4) is 11.5 Å². The minimum atomic E-state index is -0.468. The van der Waals surface area contributed by atoms with Gasteiger partial charge in [-0.25, -0.2) is 0 Å². The van der Waals surface area contributed by atoms with Crippen molar-refractivity contribution in [3.63, 3.8) is 0 Å². The normalized spacial score (nSPS) is 10.5. The molecule has 6 nitrogen and oxygen atoms in total. The van der Waals surface area contributed by atoms with E-state index in [9.17, 15) is 4.79 Å². The first-order valence-electron chi connectivity index (χ1n) is 7.97. The SMILES string of the molecule is COc1ccc(OCc2c(C(=O)Nc3cccc(Cl)c3Cl)noc2C)cc1. The van der Waals surface area contributed by atoms with Crippen molar-refractivity contribution >= 4 is 34.8 Å². The zero-order chi connectivity index (χ0) is 19.4. The monoisotopic (exact) mass is 406 g/mol. The number of hydrogen-bond donors (Lipinski definition) is 1. The van der Waals surface area contributed by atoms with Crippen LogP contribution >= 0.6 is 23.2 Å². The lowest BCUT2D eigenvalue weighted by atomic mass is 10.2. The van der Waals surface area contributed by atoms with Gasteiger partial charge in [-0.2, -0.15) is 0 Å². The van der Waals surface area contributed by atoms with Crippen LogP contribution in [-0.2, 0) is 6.61 Å². The number of nitrogens with one attached hydrogen (secondary N) is 1. The number of anilines is 1. The van der Waals surface area contributed by atoms with Crippen LogP contribution in [0.3, 0.4) is 0 Å². The summed E-state index contributed by atoms with van der Waals surface area (Å²) < 4.78 is 16.0. The summed E-state index contributed by atoms with van der Waals surface area (Å²) in [6.07, 6.45) is 0. The predicted molar refractivity (Wildman–Crippen MR) is 103 cm³/mol. The molecule has 140 valence electrons. The number of nitrogens with zero attached hydrogens (tertiary/aromatic N) is 1. The predicted octanol–water partition coefficient (Wildman–Crippen LogP) is 5.13. The van der Waals surface area contributed by atoms with Gasteiger partial charge in [-0.3, -0.25) is 4.79 Å². The maximum atomic E-state index is 12.6. The molecule has 8 heteroatoms. The van der Waals surface area contributed by atoms with Crippen LogP contribution < -0.4 is 14.8 Å². The first kappa shape index (κ1) is 19.1. The maximum absolute atomic E-state index is 12.6. The van der Waals surface area contributed by atoms with Gasteiger partial charge in [0, 0.05) is 0 Å². The average Bonchev–Trinajstić information content (AvgIpc) is 3.05. The van der Waals surface area contributed by atoms with Crippen LogP contribution in [0.2, 0.25) is 10.0 Å². The zero-order valence-electron chi connectivity index (χ0n) is 14.6. The Morgan fingerprint density at radius 3 is 2.56 bits per heavy atom. The zero-order valence-corrected chi connectivity index (χ0v) is 16.1. The molecule has 0 aliphatic rings. The number of amides is 1. The Bertz CT molecular complexity index is 955. The number of aromatic nitrogens is 1. The summed E-state index contributed by atoms with van der Waals surface area (Å²) in [6.45, 7) is 1.83. The third-order valence-electron chi connectivity index (χ3n) is 3.84. The number of benzene rings is 2. The molecular formula is C19H16Cl2N2O4. The number of carbonyl (C=O) groups excluding carboxylic acids is 1. The lowest BCUT2D eigenvalue weighted by Crippen LogP contribution is -2.15. The van der Waals surface area contributed by atoms with Gasteiger partial charge in [-0.15, -0.1) is 0 Å². The van der Waals surface area contributed by atoms with Crippen LogP contribution in [0.1, 0.15) is 21.8 Å². The number of halogens is 2. The molecule has 0 saturated carbocycles. The van der Waals surface area contributed by atoms with Crippen LogP contribution in [0.25, 0.3) is 0 Å². The number of carbonyl (C=O) groups is 1. The molecular weight excluding hydrogens is 391 g/mol. The highest BCUT2D eigenvalue weighted by Crippen LogP contribution is 2.30. The van der Waals surface area contributed by atoms with E-state index in [0.29, 0.717) is 27.8 Å². The van der Waals surface area contributed by atoms with Crippen molar-refractivity contribution in [1.82, 2.24) is 5.16 Å². The second-order valence-electron chi connectivity index (χ2n) is 5.59. The van der Waals surface area contributed by atoms with Crippen molar-refractivity contribution in [2.24, 2.45) is 0 Å². The van der Waals surface area contributed by atoms with Gasteiger partial charge in [-0.05, 0) is 43.3 Å². The highest BCUT2D eigenvalue weighted by atomic mass is 35.5. The molecule has 0 radical (unpaired) electrons. The topological polar surface area (TPSA) is 73.6 Å². The van der Waals surface area contributed by atoms with Gasteiger partial charge in [0.25, 0.3) is 5.91 Å². The summed E-state index contributed by atoms with van der Waals surface area (Å²) in [6, 6.07) is 12.1. The molecule has 0 spiro atoms. The molecule has 1 N–H and O–H groups in total. The lowest BCUT2D eigenvalue weighted by molar-refractivity contribution is 0.101. The molecule has 27 heavy (non-hydrogen) atoms. The average molecular weight is 407 g/mol. The van der Waals surface area contributed by atoms with Crippen molar-refractivity contribution in [2.75, 3.05) is 12.4 Å². The minimum absolute atomic E-state index is 0.119. The smallest absolute Gasteiger partial charge is 0.278 e. The quantitative estimate of drug-likeness (QED) is 0.613. The van der Waals surface area contributed by atoms with E-state index < -0.39 is 5.91 Å². The van der Waals surface area contributed by atoms with Crippen molar-refractivity contribution < 1.29 is 18.8 Å². The third kappa shape index (κ3) is 4.35. The van der Waals surface area contributed by atoms with Gasteiger partial charge in [0.05, 0.1) is 28.4 Å². The van der Waals surface area contributed by atoms with Gasteiger partial charge in [0.15, 0.2) is 5.69 Å². The summed E-state index contributed by atoms with van der Waals surface area (Å²) in [5, 5.41) is 7.12. The molecule has 1 aromatic heterocycles. The minimum Gasteiger partial charge on any atom is -0.497 e. The van der Waals surface area contributed by atoms with E-state index in [-0.39, 0.29) is 17.3 Å². The van der Waals surface area contributed by atoms with Gasteiger partial charge in [0.2, 0.25) is 0 Å². The molecule has 0 fully saturated rings. The Kier molecular flexibility index (Phi) is 5.88. The van der Waals surface area contributed by atoms with Crippen LogP contribution in [0.4, 0.5) is 5.69 Å². The van der Waals surface area contributed by atoms with Crippen molar-refractivity contribution in [1.29, 1.82) is 0 Å². The number of aryl methyl sites for hydroxylation is 1. The summed E-state index contributed by atoms with van der Waals surface area (Å²) in [7, 11) is 1.59. The molecule has 0 unspecified atom stereocenters. The molecule has 1 heterocycles. The van der Waals surface area contributed by atoms with Crippen molar-refractivity contribution in [2.45, 2.75) is 13.5 Å². The van der Waals surface area contributed by atoms with Gasteiger partial charge >= 0.3 is 0 Å². The van der Waals surface area contributed by atoms with E-state index in [0.717, 1.165) is 5.75 Å². The lowest BCUT2D eigenvalue weighted by Gasteiger charge is -2.09. The number of hydrogen-bond acceptors (Lipinski definition) is 5. The fourth-order valence-corrected chi connectivity index (χ4v) is 2.70. The van der Waals surface area contributed by atoms with E-state index >= 15 is 0 Å². The Hall–Kier alpha value is -2.70. The fraction of sp³-hybridized carbons (Fsp3) is 0.158. The van der Waals surface area contributed by atoms with Gasteiger partial charge < -0.3 is 19.3 Å². The molecule has 0 saturated heterocycles. The largest absolute Gasteiger partial charge is 0.497 e. The second-order valence-corrected chi connectivity index (χ2v) is 6.37. The summed E-state index contributed by atoms with van der Waals surface area (Å²) in [4.78, 5) is 12.6. The first-order valence-corrected chi connectivity index (χ1v) is 8.72. The molecule has 3 aromatic rings. The molecule has 0 bridgehead atoms. The Morgan fingerprint density at radius 2 is 1.85 bits per heavy atom. The van der Waals surface area contributed by atoms with Gasteiger partial charge in [-0.1, -0.05) is 34.4 Å². The van der Waals surface area contributed by atoms with Crippen LogP contribution in [-0.4, -0.2) is 18.2 Å². The highest BCUT2D eigenvalue weighted by Gasteiger charge is 2.21. The van der Waals surface area contributed by atoms with E-state index in [1.54, 1.807) is 56.5 Å². The number of rotatable bonds is 6. The summed E-state index contributed by atoms with van der Waals surface area (Å²) in [5.74, 6) is 1.37. The molecule has 0 aliphatic heterocycles. The first-order chi connectivity index (χ1) is 13.0. The van der Waals surface area contributed by atoms with Crippen LogP contribution in [0, 0.1) is 6.92 Å². The van der Waals surface area contributed by atoms with E-state index in [1.807, 2.05) is 0 Å². The van der Waals surface area contributed by atoms with E-state index in [1.165, 1.54) is 0 Å². The molecule has 0 atom stereocenters. The Morgan fingerprint density at radius 1 is 1.15 bits per heavy atom. The number of ether oxygens (including phenoxy) is 2. The van der Waals surface area contributed by atoms with E-state index in [4.69, 9.17) is 37.2 Å². The fourth-order valence-electron chi connectivity index (χ4n) is 2.35. The van der Waals surface area contributed by atoms with Crippen LogP contribution in [0.15, 0.2) is 47.0 Å². The Labute approximate surface area is 166 Å². The molecule has 1 amide bonds. The van der Waals surface area contributed by atoms with Crippen molar-refractivity contribution in [3.05, 3.63) is 69.5 Å². The number of methoxy groups -OCH3 is 1. The maximum Gasteiger partial charge on any atom is 0.278 e. The highest BCUT2D eigenvalue weighted by molar-refractivity contribution is 6.44. The summed E-state index contributed by atoms with van der Waals surface area (Å²) >= 11 is 12.1. The molecule has 0 aliphatic carbocycles. The van der Waals surface area contributed by atoms with Crippen LogP contribution in [0.5, 0.6) is 11.5 Å². The summed E-state index contributed by atoms with van der Waals surface area (Å²) in [5.41, 5.74) is 1.05. The van der Waals surface area contributed by atoms with Gasteiger partial charge in [0.1, 0.15) is 23.9 Å². The van der Waals surface area contributed by atoms with E-state index in [2.05, 4.69) is 10.5 Å². The molecule has 2 aromatic carbocycles. The standard InChI is InChI=1S/C19H16Cl2N2O4/c1-11-14(10-26-13-8-6-12(25-2)7-9-13)18(23-27-11)19(24)22-16-5-3-4-15(20)17(16)21/h3-9H,10H2,1-2H3,(H,22,24). The third-order valence-corrected chi connectivity index (χ3v) is 4.66. The molecule has 3 rings (SSSR count). The Balaban J connectivity index is 1.75. The second kappa shape index (κ2) is 8.33.